The lowest BCUT2D eigenvalue weighted by Crippen LogP contribution is -2.37. The summed E-state index contributed by atoms with van der Waals surface area (Å²) in [5, 5.41) is 2.89. The molecule has 1 aliphatic heterocycles. The first kappa shape index (κ1) is 14.1. The fraction of sp³-hybridized carbons (Fsp3) is 0.500. The molecule has 1 amide bonds. The van der Waals surface area contributed by atoms with Gasteiger partial charge in [0.05, 0.1) is 11.5 Å². The number of amides is 1. The van der Waals surface area contributed by atoms with Crippen molar-refractivity contribution in [1.29, 1.82) is 0 Å². The smallest absolute Gasteiger partial charge is 0.223 e. The van der Waals surface area contributed by atoms with Gasteiger partial charge in [0.25, 0.3) is 0 Å². The first-order chi connectivity index (χ1) is 9.07. The molecule has 1 N–H and O–H groups in total. The average Bonchev–Trinajstić information content (AvgIpc) is 2.39. The Bertz CT molecular complexity index is 511. The van der Waals surface area contributed by atoms with Gasteiger partial charge in [0, 0.05) is 12.5 Å². The molecule has 1 saturated heterocycles. The SMILES string of the molecule is O=C(NCCc1ccccc1)C1CCS(=O)(=O)CC1. The van der Waals surface area contributed by atoms with E-state index in [2.05, 4.69) is 5.32 Å². The van der Waals surface area contributed by atoms with Crippen LogP contribution in [0.15, 0.2) is 30.3 Å². The maximum atomic E-state index is 11.9. The Morgan fingerprint density at radius 1 is 1.16 bits per heavy atom. The predicted octanol–water partition coefficient (Wildman–Crippen LogP) is 1.17. The van der Waals surface area contributed by atoms with Gasteiger partial charge < -0.3 is 5.32 Å². The third kappa shape index (κ3) is 4.35. The lowest BCUT2D eigenvalue weighted by atomic mass is 10.0. The molecular formula is C14H19NO3S. The van der Waals surface area contributed by atoms with Gasteiger partial charge in [0.2, 0.25) is 5.91 Å². The zero-order chi connectivity index (χ0) is 13.7. The predicted molar refractivity (Wildman–Crippen MR) is 74.5 cm³/mol. The Hall–Kier alpha value is -1.36. The number of sulfone groups is 1. The largest absolute Gasteiger partial charge is 0.356 e. The van der Waals surface area contributed by atoms with Crippen LogP contribution in [0.25, 0.3) is 0 Å². The van der Waals surface area contributed by atoms with Crippen LogP contribution >= 0.6 is 0 Å². The minimum Gasteiger partial charge on any atom is -0.356 e. The number of nitrogens with one attached hydrogen (secondary N) is 1. The van der Waals surface area contributed by atoms with Gasteiger partial charge in [0.15, 0.2) is 0 Å². The van der Waals surface area contributed by atoms with Gasteiger partial charge in [-0.3, -0.25) is 4.79 Å². The highest BCUT2D eigenvalue weighted by Gasteiger charge is 2.27. The Balaban J connectivity index is 1.73. The third-order valence-corrected chi connectivity index (χ3v) is 5.20. The second-order valence-corrected chi connectivity index (χ2v) is 7.26. The van der Waals surface area contributed by atoms with Crippen molar-refractivity contribution in [2.45, 2.75) is 19.3 Å². The molecule has 19 heavy (non-hydrogen) atoms. The van der Waals surface area contributed by atoms with Gasteiger partial charge in [-0.25, -0.2) is 8.42 Å². The van der Waals surface area contributed by atoms with Crippen molar-refractivity contribution in [1.82, 2.24) is 5.32 Å². The number of hydrogen-bond donors (Lipinski definition) is 1. The topological polar surface area (TPSA) is 63.2 Å². The van der Waals surface area contributed by atoms with Crippen LogP contribution in [-0.4, -0.2) is 32.4 Å². The highest BCUT2D eigenvalue weighted by molar-refractivity contribution is 7.91. The second kappa shape index (κ2) is 6.19. The van der Waals surface area contributed by atoms with Crippen molar-refractivity contribution in [3.8, 4) is 0 Å². The van der Waals surface area contributed by atoms with Crippen LogP contribution in [0.1, 0.15) is 18.4 Å². The molecule has 5 heteroatoms. The molecule has 0 bridgehead atoms. The summed E-state index contributed by atoms with van der Waals surface area (Å²) >= 11 is 0. The Labute approximate surface area is 114 Å². The Morgan fingerprint density at radius 2 is 1.79 bits per heavy atom. The molecule has 0 spiro atoms. The summed E-state index contributed by atoms with van der Waals surface area (Å²) in [5.74, 6) is 0.137. The van der Waals surface area contributed by atoms with Crippen molar-refractivity contribution >= 4 is 15.7 Å². The van der Waals surface area contributed by atoms with E-state index in [1.807, 2.05) is 30.3 Å². The third-order valence-electron chi connectivity index (χ3n) is 3.48. The van der Waals surface area contributed by atoms with E-state index in [0.717, 1.165) is 6.42 Å². The monoisotopic (exact) mass is 281 g/mol. The number of carbonyl (C=O) groups is 1. The van der Waals surface area contributed by atoms with Gasteiger partial charge in [0.1, 0.15) is 9.84 Å². The molecule has 0 aromatic heterocycles. The van der Waals surface area contributed by atoms with Crippen LogP contribution in [0.4, 0.5) is 0 Å². The molecule has 0 aliphatic carbocycles. The molecule has 1 aromatic rings. The average molecular weight is 281 g/mol. The molecule has 0 unspecified atom stereocenters. The lowest BCUT2D eigenvalue weighted by Gasteiger charge is -2.21. The molecule has 4 nitrogen and oxygen atoms in total. The molecule has 0 saturated carbocycles. The summed E-state index contributed by atoms with van der Waals surface area (Å²) in [6.07, 6.45) is 1.72. The minimum absolute atomic E-state index is 0.00849. The molecule has 0 radical (unpaired) electrons. The van der Waals surface area contributed by atoms with Crippen molar-refractivity contribution in [3.63, 3.8) is 0 Å². The lowest BCUT2D eigenvalue weighted by molar-refractivity contribution is -0.125. The molecule has 1 aliphatic rings. The molecule has 104 valence electrons. The number of hydrogen-bond acceptors (Lipinski definition) is 3. The van der Waals surface area contributed by atoms with Crippen LogP contribution in [-0.2, 0) is 21.1 Å². The van der Waals surface area contributed by atoms with Gasteiger partial charge >= 0.3 is 0 Å². The van der Waals surface area contributed by atoms with Crippen LogP contribution in [0.5, 0.6) is 0 Å². The highest BCUT2D eigenvalue weighted by Crippen LogP contribution is 2.18. The van der Waals surface area contributed by atoms with Crippen molar-refractivity contribution in [3.05, 3.63) is 35.9 Å². The summed E-state index contributed by atoms with van der Waals surface area (Å²) < 4.78 is 22.6. The Morgan fingerprint density at radius 3 is 2.42 bits per heavy atom. The summed E-state index contributed by atoms with van der Waals surface area (Å²) in [4.78, 5) is 11.9. The second-order valence-electron chi connectivity index (χ2n) is 4.95. The van der Waals surface area contributed by atoms with E-state index >= 15 is 0 Å². The van der Waals surface area contributed by atoms with E-state index in [1.165, 1.54) is 5.56 Å². The maximum Gasteiger partial charge on any atom is 0.223 e. The summed E-state index contributed by atoms with van der Waals surface area (Å²) in [7, 11) is -2.89. The van der Waals surface area contributed by atoms with E-state index in [-0.39, 0.29) is 23.3 Å². The van der Waals surface area contributed by atoms with E-state index in [9.17, 15) is 13.2 Å². The first-order valence-electron chi connectivity index (χ1n) is 6.59. The van der Waals surface area contributed by atoms with E-state index < -0.39 is 9.84 Å². The van der Waals surface area contributed by atoms with Gasteiger partial charge in [-0.05, 0) is 24.8 Å². The quantitative estimate of drug-likeness (QED) is 0.901. The molecule has 1 fully saturated rings. The van der Waals surface area contributed by atoms with E-state index in [0.29, 0.717) is 19.4 Å². The van der Waals surface area contributed by atoms with Crippen molar-refractivity contribution in [2.75, 3.05) is 18.1 Å². The Kier molecular flexibility index (Phi) is 4.58. The summed E-state index contributed by atoms with van der Waals surface area (Å²) in [6.45, 7) is 0.603. The molecule has 0 atom stereocenters. The van der Waals surface area contributed by atoms with Gasteiger partial charge in [-0.15, -0.1) is 0 Å². The van der Waals surface area contributed by atoms with Crippen molar-refractivity contribution in [2.24, 2.45) is 5.92 Å². The fourth-order valence-corrected chi connectivity index (χ4v) is 3.76. The highest BCUT2D eigenvalue weighted by atomic mass is 32.2. The first-order valence-corrected chi connectivity index (χ1v) is 8.41. The van der Waals surface area contributed by atoms with E-state index in [4.69, 9.17) is 0 Å². The summed E-state index contributed by atoms with van der Waals surface area (Å²) in [5.41, 5.74) is 1.19. The van der Waals surface area contributed by atoms with Gasteiger partial charge in [-0.2, -0.15) is 0 Å². The van der Waals surface area contributed by atoms with Crippen LogP contribution < -0.4 is 5.32 Å². The molecule has 1 aromatic carbocycles. The molecule has 2 rings (SSSR count). The summed E-state index contributed by atoms with van der Waals surface area (Å²) in [6, 6.07) is 9.97. The zero-order valence-electron chi connectivity index (χ0n) is 10.8. The molecule has 1 heterocycles. The molecular weight excluding hydrogens is 262 g/mol. The normalized spacial score (nSPS) is 18.9. The number of carbonyl (C=O) groups excluding carboxylic acids is 1. The minimum atomic E-state index is -2.89. The van der Waals surface area contributed by atoms with Gasteiger partial charge in [-0.1, -0.05) is 30.3 Å². The standard InChI is InChI=1S/C14H19NO3S/c16-14(13-7-10-19(17,18)11-8-13)15-9-6-12-4-2-1-3-5-12/h1-5,13H,6-11H2,(H,15,16). The van der Waals surface area contributed by atoms with Crippen molar-refractivity contribution < 1.29 is 13.2 Å². The van der Waals surface area contributed by atoms with E-state index in [1.54, 1.807) is 0 Å². The fourth-order valence-electron chi connectivity index (χ4n) is 2.27. The van der Waals surface area contributed by atoms with Crippen LogP contribution in [0.2, 0.25) is 0 Å². The van der Waals surface area contributed by atoms with Crippen LogP contribution in [0.3, 0.4) is 0 Å². The number of rotatable bonds is 4. The van der Waals surface area contributed by atoms with Crippen LogP contribution in [0, 0.1) is 5.92 Å². The maximum absolute atomic E-state index is 11.9. The number of benzene rings is 1. The zero-order valence-corrected chi connectivity index (χ0v) is 11.7.